The molecule has 20 heavy (non-hydrogen) atoms. The van der Waals surface area contributed by atoms with Crippen LogP contribution in [0.25, 0.3) is 0 Å². The Morgan fingerprint density at radius 2 is 1.75 bits per heavy atom. The van der Waals surface area contributed by atoms with Gasteiger partial charge in [0.15, 0.2) is 0 Å². The van der Waals surface area contributed by atoms with E-state index in [4.69, 9.17) is 34.8 Å². The number of benzene rings is 2. The van der Waals surface area contributed by atoms with Gasteiger partial charge in [-0.2, -0.15) is 11.8 Å². The molecule has 0 bridgehead atoms. The van der Waals surface area contributed by atoms with E-state index in [1.54, 1.807) is 12.1 Å². The van der Waals surface area contributed by atoms with Crippen LogP contribution in [-0.4, -0.2) is 5.75 Å². The fraction of sp³-hybridized carbons (Fsp3) is 0.200. The molecule has 0 radical (unpaired) electrons. The molecule has 5 heteroatoms. The molecule has 0 amide bonds. The topological polar surface area (TPSA) is 12.0 Å². The number of hydrogen-bond donors (Lipinski definition) is 1. The van der Waals surface area contributed by atoms with Gasteiger partial charge < -0.3 is 5.32 Å². The number of halogens is 3. The summed E-state index contributed by atoms with van der Waals surface area (Å²) in [7, 11) is 0. The highest BCUT2D eigenvalue weighted by Crippen LogP contribution is 2.39. The molecule has 0 aliphatic carbocycles. The second-order valence-corrected chi connectivity index (χ2v) is 6.94. The first-order valence-corrected chi connectivity index (χ1v) is 8.50. The Bertz CT molecular complexity index is 622. The smallest absolute Gasteiger partial charge is 0.0725 e. The molecule has 0 spiro atoms. The van der Waals surface area contributed by atoms with E-state index in [1.165, 1.54) is 11.1 Å². The molecule has 3 rings (SSSR count). The zero-order valence-corrected chi connectivity index (χ0v) is 13.6. The highest BCUT2D eigenvalue weighted by molar-refractivity contribution is 7.98. The van der Waals surface area contributed by atoms with Gasteiger partial charge in [0, 0.05) is 16.5 Å². The van der Waals surface area contributed by atoms with Crippen molar-refractivity contribution in [3.8, 4) is 0 Å². The van der Waals surface area contributed by atoms with E-state index in [2.05, 4.69) is 29.6 Å². The largest absolute Gasteiger partial charge is 0.375 e. The molecule has 1 heterocycles. The third kappa shape index (κ3) is 2.89. The van der Waals surface area contributed by atoms with E-state index in [1.807, 2.05) is 11.8 Å². The lowest BCUT2D eigenvalue weighted by Crippen LogP contribution is -2.19. The molecule has 1 unspecified atom stereocenters. The number of thioether (sulfide) groups is 1. The standard InChI is InChI=1S/C15H12Cl3NS/c16-10-5-12(17)15(13(18)6-10)19-14-8-20-7-9-3-1-2-4-11(9)14/h1-6,14,19H,7-8H2. The third-order valence-corrected chi connectivity index (χ3v) is 5.20. The van der Waals surface area contributed by atoms with Crippen molar-refractivity contribution in [1.82, 2.24) is 0 Å². The van der Waals surface area contributed by atoms with E-state index in [0.29, 0.717) is 15.1 Å². The first-order chi connectivity index (χ1) is 9.65. The Kier molecular flexibility index (Phi) is 4.37. The highest BCUT2D eigenvalue weighted by Gasteiger charge is 2.21. The maximum atomic E-state index is 6.24. The predicted octanol–water partition coefficient (Wildman–Crippen LogP) is 6.05. The summed E-state index contributed by atoms with van der Waals surface area (Å²) in [5, 5.41) is 5.11. The van der Waals surface area contributed by atoms with E-state index < -0.39 is 0 Å². The van der Waals surface area contributed by atoms with Crippen LogP contribution in [0.4, 0.5) is 5.69 Å². The minimum Gasteiger partial charge on any atom is -0.375 e. The lowest BCUT2D eigenvalue weighted by atomic mass is 10.0. The highest BCUT2D eigenvalue weighted by atomic mass is 35.5. The van der Waals surface area contributed by atoms with E-state index >= 15 is 0 Å². The molecule has 0 fully saturated rings. The number of hydrogen-bond acceptors (Lipinski definition) is 2. The third-order valence-electron chi connectivity index (χ3n) is 3.30. The molecule has 1 N–H and O–H groups in total. The lowest BCUT2D eigenvalue weighted by Gasteiger charge is -2.27. The summed E-state index contributed by atoms with van der Waals surface area (Å²) in [5.74, 6) is 2.04. The van der Waals surface area contributed by atoms with Crippen LogP contribution in [0.15, 0.2) is 36.4 Å². The maximum absolute atomic E-state index is 6.24. The Labute approximate surface area is 137 Å². The summed E-state index contributed by atoms with van der Waals surface area (Å²) in [6, 6.07) is 12.1. The molecule has 0 saturated carbocycles. The van der Waals surface area contributed by atoms with Gasteiger partial charge in [-0.1, -0.05) is 59.1 Å². The van der Waals surface area contributed by atoms with Gasteiger partial charge in [-0.25, -0.2) is 0 Å². The Hall–Kier alpha value is -0.540. The molecule has 2 aromatic rings. The Morgan fingerprint density at radius 1 is 1.05 bits per heavy atom. The van der Waals surface area contributed by atoms with Gasteiger partial charge in [0.2, 0.25) is 0 Å². The number of rotatable bonds is 2. The molecular weight excluding hydrogens is 333 g/mol. The minimum absolute atomic E-state index is 0.209. The quantitative estimate of drug-likeness (QED) is 0.712. The van der Waals surface area contributed by atoms with Crippen molar-refractivity contribution in [2.75, 3.05) is 11.1 Å². The van der Waals surface area contributed by atoms with E-state index in [0.717, 1.165) is 17.2 Å². The summed E-state index contributed by atoms with van der Waals surface area (Å²) in [6.07, 6.45) is 0. The van der Waals surface area contributed by atoms with Crippen molar-refractivity contribution in [3.05, 3.63) is 62.6 Å². The van der Waals surface area contributed by atoms with Crippen molar-refractivity contribution in [3.63, 3.8) is 0 Å². The molecule has 104 valence electrons. The zero-order valence-electron chi connectivity index (χ0n) is 10.5. The maximum Gasteiger partial charge on any atom is 0.0725 e. The van der Waals surface area contributed by atoms with Gasteiger partial charge in [-0.05, 0) is 23.3 Å². The Morgan fingerprint density at radius 3 is 2.50 bits per heavy atom. The van der Waals surface area contributed by atoms with Gasteiger partial charge in [-0.15, -0.1) is 0 Å². The van der Waals surface area contributed by atoms with Crippen molar-refractivity contribution < 1.29 is 0 Å². The van der Waals surface area contributed by atoms with Crippen LogP contribution < -0.4 is 5.32 Å². The number of anilines is 1. The summed E-state index contributed by atoms with van der Waals surface area (Å²) in [4.78, 5) is 0. The van der Waals surface area contributed by atoms with E-state index in [-0.39, 0.29) is 6.04 Å². The van der Waals surface area contributed by atoms with Crippen LogP contribution in [0.3, 0.4) is 0 Å². The average Bonchev–Trinajstić information content (AvgIpc) is 2.43. The monoisotopic (exact) mass is 343 g/mol. The van der Waals surface area contributed by atoms with Gasteiger partial charge in [0.25, 0.3) is 0 Å². The molecule has 1 atom stereocenters. The minimum atomic E-state index is 0.209. The molecule has 1 nitrogen and oxygen atoms in total. The van der Waals surface area contributed by atoms with Crippen LogP contribution in [0.5, 0.6) is 0 Å². The van der Waals surface area contributed by atoms with Crippen molar-refractivity contribution in [1.29, 1.82) is 0 Å². The zero-order chi connectivity index (χ0) is 14.1. The predicted molar refractivity (Wildman–Crippen MR) is 90.4 cm³/mol. The average molecular weight is 345 g/mol. The molecule has 1 aliphatic rings. The van der Waals surface area contributed by atoms with Crippen molar-refractivity contribution >= 4 is 52.3 Å². The molecule has 2 aromatic carbocycles. The van der Waals surface area contributed by atoms with Gasteiger partial charge in [0.05, 0.1) is 21.8 Å². The van der Waals surface area contributed by atoms with E-state index in [9.17, 15) is 0 Å². The van der Waals surface area contributed by atoms with Gasteiger partial charge >= 0.3 is 0 Å². The number of nitrogens with one attached hydrogen (secondary N) is 1. The summed E-state index contributed by atoms with van der Waals surface area (Å²) >= 11 is 20.3. The second-order valence-electron chi connectivity index (χ2n) is 4.66. The van der Waals surface area contributed by atoms with Crippen molar-refractivity contribution in [2.45, 2.75) is 11.8 Å². The molecular formula is C15H12Cl3NS. The summed E-state index contributed by atoms with van der Waals surface area (Å²) < 4.78 is 0. The van der Waals surface area contributed by atoms with Crippen LogP contribution in [0.2, 0.25) is 15.1 Å². The fourth-order valence-electron chi connectivity index (χ4n) is 2.36. The SMILES string of the molecule is Clc1cc(Cl)c(NC2CSCc3ccccc32)c(Cl)c1. The normalized spacial score (nSPS) is 17.6. The van der Waals surface area contributed by atoms with Crippen LogP contribution in [0, 0.1) is 0 Å². The van der Waals surface area contributed by atoms with Crippen LogP contribution in [-0.2, 0) is 5.75 Å². The van der Waals surface area contributed by atoms with Crippen molar-refractivity contribution in [2.24, 2.45) is 0 Å². The van der Waals surface area contributed by atoms with Crippen LogP contribution >= 0.6 is 46.6 Å². The fourth-order valence-corrected chi connectivity index (χ4v) is 4.38. The summed E-state index contributed by atoms with van der Waals surface area (Å²) in [6.45, 7) is 0. The van der Waals surface area contributed by atoms with Gasteiger partial charge in [-0.3, -0.25) is 0 Å². The Balaban J connectivity index is 1.94. The summed E-state index contributed by atoms with van der Waals surface area (Å²) in [5.41, 5.74) is 3.43. The number of fused-ring (bicyclic) bond motifs is 1. The second kappa shape index (κ2) is 6.07. The first-order valence-electron chi connectivity index (χ1n) is 6.22. The first kappa shape index (κ1) is 14.4. The molecule has 0 saturated heterocycles. The van der Waals surface area contributed by atoms with Gasteiger partial charge in [0.1, 0.15) is 0 Å². The molecule has 1 aliphatic heterocycles. The van der Waals surface area contributed by atoms with Crippen LogP contribution in [0.1, 0.15) is 17.2 Å². The molecule has 0 aromatic heterocycles. The lowest BCUT2D eigenvalue weighted by molar-refractivity contribution is 0.871.